The van der Waals surface area contributed by atoms with Crippen molar-refractivity contribution < 1.29 is 4.42 Å². The lowest BCUT2D eigenvalue weighted by atomic mass is 9.33. The molecule has 0 fully saturated rings. The van der Waals surface area contributed by atoms with Crippen molar-refractivity contribution in [3.63, 3.8) is 0 Å². The first-order chi connectivity index (χ1) is 22.8. The predicted molar refractivity (Wildman–Crippen MR) is 193 cm³/mol. The molecular weight excluding hydrogens is 559 g/mol. The third-order valence-electron chi connectivity index (χ3n) is 9.64. The van der Waals surface area contributed by atoms with Gasteiger partial charge in [-0.2, -0.15) is 0 Å². The van der Waals surface area contributed by atoms with Crippen LogP contribution in [0.5, 0.6) is 0 Å². The fourth-order valence-electron chi connectivity index (χ4n) is 7.68. The maximum absolute atomic E-state index is 6.29. The molecule has 7 aromatic carbocycles. The smallest absolute Gasteiger partial charge is 0.252 e. The van der Waals surface area contributed by atoms with E-state index in [1.807, 2.05) is 12.1 Å². The van der Waals surface area contributed by atoms with Gasteiger partial charge in [0.25, 0.3) is 6.71 Å². The van der Waals surface area contributed by atoms with Gasteiger partial charge in [-0.15, -0.1) is 0 Å². The molecule has 0 saturated carbocycles. The number of hydrogen-bond acceptors (Lipinski definition) is 3. The van der Waals surface area contributed by atoms with E-state index < -0.39 is 0 Å². The van der Waals surface area contributed by atoms with Gasteiger partial charge in [0.05, 0.1) is 0 Å². The van der Waals surface area contributed by atoms with Crippen LogP contribution in [0, 0.1) is 0 Å². The molecule has 0 unspecified atom stereocenters. The molecule has 2 aliphatic heterocycles. The molecule has 0 atom stereocenters. The number of nitrogens with zero attached hydrogens (tertiary/aromatic N) is 2. The number of rotatable bonds is 3. The molecule has 1 aromatic heterocycles. The Morgan fingerprint density at radius 2 is 0.957 bits per heavy atom. The van der Waals surface area contributed by atoms with Crippen LogP contribution in [0.2, 0.25) is 0 Å². The molecule has 46 heavy (non-hydrogen) atoms. The Labute approximate surface area is 267 Å². The van der Waals surface area contributed by atoms with Crippen molar-refractivity contribution in [2.75, 3.05) is 9.80 Å². The topological polar surface area (TPSA) is 19.6 Å². The SMILES string of the molecule is c1ccc(N2c3ccccc3B3c4ccc(-c5ccc6c(c5)oc5ccccc56)cc4N(c4ccccc4)c4cccc2c43)cc1. The van der Waals surface area contributed by atoms with Gasteiger partial charge in [-0.05, 0) is 94.2 Å². The van der Waals surface area contributed by atoms with Crippen LogP contribution >= 0.6 is 0 Å². The monoisotopic (exact) mass is 586 g/mol. The van der Waals surface area contributed by atoms with Gasteiger partial charge in [0.15, 0.2) is 0 Å². The zero-order valence-electron chi connectivity index (χ0n) is 25.0. The largest absolute Gasteiger partial charge is 0.456 e. The molecule has 0 radical (unpaired) electrons. The first-order valence-corrected chi connectivity index (χ1v) is 15.8. The first-order valence-electron chi connectivity index (χ1n) is 15.8. The summed E-state index contributed by atoms with van der Waals surface area (Å²) in [7, 11) is 0. The van der Waals surface area contributed by atoms with Crippen LogP contribution in [0.25, 0.3) is 33.1 Å². The van der Waals surface area contributed by atoms with Gasteiger partial charge in [0.1, 0.15) is 11.2 Å². The molecule has 10 rings (SSSR count). The number of benzene rings is 7. The van der Waals surface area contributed by atoms with Gasteiger partial charge >= 0.3 is 0 Å². The van der Waals surface area contributed by atoms with E-state index in [-0.39, 0.29) is 6.71 Å². The molecule has 3 nitrogen and oxygen atoms in total. The Kier molecular flexibility index (Phi) is 5.37. The molecule has 3 heterocycles. The van der Waals surface area contributed by atoms with E-state index in [9.17, 15) is 0 Å². The summed E-state index contributed by atoms with van der Waals surface area (Å²) in [5, 5.41) is 2.30. The molecule has 0 aliphatic carbocycles. The summed E-state index contributed by atoms with van der Waals surface area (Å²) in [6.07, 6.45) is 0. The first kappa shape index (κ1) is 25.3. The number of para-hydroxylation sites is 4. The lowest BCUT2D eigenvalue weighted by Crippen LogP contribution is -2.61. The van der Waals surface area contributed by atoms with Crippen LogP contribution in [-0.4, -0.2) is 6.71 Å². The van der Waals surface area contributed by atoms with Gasteiger partial charge in [-0.1, -0.05) is 97.1 Å². The van der Waals surface area contributed by atoms with Crippen LogP contribution in [0.15, 0.2) is 168 Å². The molecule has 0 bridgehead atoms. The average Bonchev–Trinajstić information content (AvgIpc) is 3.50. The van der Waals surface area contributed by atoms with Crippen molar-refractivity contribution in [1.82, 2.24) is 0 Å². The van der Waals surface area contributed by atoms with E-state index in [1.54, 1.807) is 0 Å². The summed E-state index contributed by atoms with van der Waals surface area (Å²) in [5.41, 5.74) is 15.2. The zero-order chi connectivity index (χ0) is 30.2. The molecular formula is C42H27BN2O. The number of anilines is 6. The van der Waals surface area contributed by atoms with Crippen LogP contribution in [0.4, 0.5) is 34.1 Å². The Morgan fingerprint density at radius 3 is 1.74 bits per heavy atom. The molecule has 0 spiro atoms. The predicted octanol–water partition coefficient (Wildman–Crippen LogP) is 9.34. The minimum absolute atomic E-state index is 0.101. The van der Waals surface area contributed by atoms with Crippen molar-refractivity contribution in [1.29, 1.82) is 0 Å². The van der Waals surface area contributed by atoms with Crippen LogP contribution < -0.4 is 26.2 Å². The van der Waals surface area contributed by atoms with Crippen molar-refractivity contribution in [2.45, 2.75) is 0 Å². The van der Waals surface area contributed by atoms with Gasteiger partial charge in [-0.3, -0.25) is 0 Å². The summed E-state index contributed by atoms with van der Waals surface area (Å²) >= 11 is 0. The Balaban J connectivity index is 1.22. The lowest BCUT2D eigenvalue weighted by molar-refractivity contribution is 0.669. The minimum Gasteiger partial charge on any atom is -0.456 e. The second-order valence-corrected chi connectivity index (χ2v) is 12.1. The Bertz CT molecular complexity index is 2450. The van der Waals surface area contributed by atoms with E-state index in [0.29, 0.717) is 0 Å². The molecule has 0 saturated heterocycles. The number of hydrogen-bond donors (Lipinski definition) is 0. The van der Waals surface area contributed by atoms with E-state index in [2.05, 4.69) is 161 Å². The summed E-state index contributed by atoms with van der Waals surface area (Å²) in [6.45, 7) is 0.101. The third-order valence-corrected chi connectivity index (χ3v) is 9.64. The van der Waals surface area contributed by atoms with Gasteiger partial charge in [0.2, 0.25) is 0 Å². The third kappa shape index (κ3) is 3.61. The maximum Gasteiger partial charge on any atom is 0.252 e. The molecule has 4 heteroatoms. The van der Waals surface area contributed by atoms with Crippen molar-refractivity contribution >= 4 is 79.2 Å². The normalized spacial score (nSPS) is 13.1. The van der Waals surface area contributed by atoms with Gasteiger partial charge < -0.3 is 14.2 Å². The molecule has 0 N–H and O–H groups in total. The highest BCUT2D eigenvalue weighted by Gasteiger charge is 2.42. The van der Waals surface area contributed by atoms with Crippen LogP contribution in [0.1, 0.15) is 0 Å². The Hall–Kier alpha value is -6.00. The fourth-order valence-corrected chi connectivity index (χ4v) is 7.68. The highest BCUT2D eigenvalue weighted by Crippen LogP contribution is 2.44. The van der Waals surface area contributed by atoms with Gasteiger partial charge in [-0.25, -0.2) is 0 Å². The summed E-state index contributed by atoms with van der Waals surface area (Å²) in [5.74, 6) is 0. The quantitative estimate of drug-likeness (QED) is 0.192. The van der Waals surface area contributed by atoms with Gasteiger partial charge in [0, 0.05) is 44.9 Å². The summed E-state index contributed by atoms with van der Waals surface area (Å²) < 4.78 is 6.29. The number of furan rings is 1. The minimum atomic E-state index is 0.101. The van der Waals surface area contributed by atoms with Crippen LogP contribution in [0.3, 0.4) is 0 Å². The highest BCUT2D eigenvalue weighted by atomic mass is 16.3. The molecule has 0 amide bonds. The zero-order valence-corrected chi connectivity index (χ0v) is 25.0. The molecule has 214 valence electrons. The summed E-state index contributed by atoms with van der Waals surface area (Å²) in [4.78, 5) is 4.88. The standard InChI is InChI=1S/C42H27BN2O/c1-3-12-30(13-4-1)44-36-18-9-8-17-34(36)43-35-25-23-28(29-22-24-33-32-16-7-10-21-40(32)46-41(33)27-29)26-39(35)45(31-14-5-2-6-15-31)38-20-11-19-37(44)42(38)43/h1-27H. The van der Waals surface area contributed by atoms with E-state index >= 15 is 0 Å². The molecule has 2 aliphatic rings. The van der Waals surface area contributed by atoms with Crippen LogP contribution in [-0.2, 0) is 0 Å². The van der Waals surface area contributed by atoms with E-state index in [1.165, 1.54) is 39.1 Å². The maximum atomic E-state index is 6.29. The second-order valence-electron chi connectivity index (χ2n) is 12.1. The molecule has 8 aromatic rings. The fraction of sp³-hybridized carbons (Fsp3) is 0. The number of fused-ring (bicyclic) bond motifs is 7. The van der Waals surface area contributed by atoms with Crippen molar-refractivity contribution in [3.05, 3.63) is 164 Å². The van der Waals surface area contributed by atoms with E-state index in [0.717, 1.165) is 44.4 Å². The van der Waals surface area contributed by atoms with Crippen molar-refractivity contribution in [3.8, 4) is 11.1 Å². The average molecular weight is 587 g/mol. The lowest BCUT2D eigenvalue weighted by Gasteiger charge is -2.44. The highest BCUT2D eigenvalue weighted by molar-refractivity contribution is 7.00. The van der Waals surface area contributed by atoms with Crippen molar-refractivity contribution in [2.24, 2.45) is 0 Å². The summed E-state index contributed by atoms with van der Waals surface area (Å²) in [6, 6.07) is 59.0. The van der Waals surface area contributed by atoms with E-state index in [4.69, 9.17) is 4.42 Å². The Morgan fingerprint density at radius 1 is 0.391 bits per heavy atom. The second kappa shape index (κ2) is 9.75.